The van der Waals surface area contributed by atoms with Crippen LogP contribution in [0.1, 0.15) is 29.2 Å². The second kappa shape index (κ2) is 4.47. The number of aryl methyl sites for hydroxylation is 1. The summed E-state index contributed by atoms with van der Waals surface area (Å²) in [7, 11) is 0. The van der Waals surface area contributed by atoms with Crippen LogP contribution in [0, 0.1) is 11.3 Å². The Hall–Kier alpha value is -1.22. The van der Waals surface area contributed by atoms with E-state index in [4.69, 9.17) is 16.9 Å². The second-order valence-corrected chi connectivity index (χ2v) is 5.84. The first-order valence-electron chi connectivity index (χ1n) is 5.70. The van der Waals surface area contributed by atoms with Gasteiger partial charge in [-0.3, -0.25) is 0 Å². The zero-order valence-corrected chi connectivity index (χ0v) is 11.0. The van der Waals surface area contributed by atoms with E-state index in [1.165, 1.54) is 11.2 Å². The summed E-state index contributed by atoms with van der Waals surface area (Å²) < 4.78 is 0. The van der Waals surface area contributed by atoms with E-state index in [1.807, 2.05) is 6.07 Å². The maximum Gasteiger partial charge on any atom is 0.141 e. The van der Waals surface area contributed by atoms with Crippen molar-refractivity contribution in [2.75, 3.05) is 0 Å². The van der Waals surface area contributed by atoms with Crippen molar-refractivity contribution < 1.29 is 5.11 Å². The molecule has 0 bridgehead atoms. The van der Waals surface area contributed by atoms with E-state index in [-0.39, 0.29) is 5.92 Å². The molecule has 1 unspecified atom stereocenters. The van der Waals surface area contributed by atoms with Gasteiger partial charge < -0.3 is 5.11 Å². The number of halogens is 1. The van der Waals surface area contributed by atoms with Crippen LogP contribution < -0.4 is 0 Å². The molecule has 0 saturated carbocycles. The van der Waals surface area contributed by atoms with Gasteiger partial charge in [0.2, 0.25) is 0 Å². The van der Waals surface area contributed by atoms with Crippen LogP contribution in [0.5, 0.6) is 0 Å². The van der Waals surface area contributed by atoms with Crippen molar-refractivity contribution in [2.45, 2.75) is 31.3 Å². The Labute approximate surface area is 113 Å². The third-order valence-corrected chi connectivity index (χ3v) is 4.80. The summed E-state index contributed by atoms with van der Waals surface area (Å²) in [6, 6.07) is 1.87. The molecule has 2 aromatic heterocycles. The van der Waals surface area contributed by atoms with Gasteiger partial charge in [-0.2, -0.15) is 5.26 Å². The van der Waals surface area contributed by atoms with Gasteiger partial charge in [0, 0.05) is 4.88 Å². The third kappa shape index (κ3) is 1.77. The van der Waals surface area contributed by atoms with Crippen LogP contribution in [-0.2, 0) is 6.42 Å². The summed E-state index contributed by atoms with van der Waals surface area (Å²) in [6.45, 7) is 0. The van der Waals surface area contributed by atoms with Gasteiger partial charge >= 0.3 is 0 Å². The quantitative estimate of drug-likeness (QED) is 0.678. The SMILES string of the molecule is N#CC(O)C[C@H]1CCc2sc3ncnc(Cl)c3c21. The molecule has 0 radical (unpaired) electrons. The number of aromatic nitrogens is 2. The molecule has 1 aliphatic carbocycles. The molecule has 0 saturated heterocycles. The fourth-order valence-corrected chi connectivity index (χ4v) is 4.12. The van der Waals surface area contributed by atoms with Crippen LogP contribution in [0.3, 0.4) is 0 Å². The Morgan fingerprint density at radius 2 is 2.44 bits per heavy atom. The standard InChI is InChI=1S/C12H10ClN3OS/c13-11-10-9-6(3-7(17)4-14)1-2-8(9)18-12(10)16-5-15-11/h5-7,17H,1-3H2/t6-,7?/m1/s1. The first-order chi connectivity index (χ1) is 8.70. The van der Waals surface area contributed by atoms with E-state index >= 15 is 0 Å². The van der Waals surface area contributed by atoms with Crippen molar-refractivity contribution in [3.8, 4) is 6.07 Å². The molecule has 2 atom stereocenters. The zero-order valence-electron chi connectivity index (χ0n) is 9.43. The van der Waals surface area contributed by atoms with Crippen LogP contribution in [0.2, 0.25) is 5.15 Å². The lowest BCUT2D eigenvalue weighted by atomic mass is 9.95. The number of fused-ring (bicyclic) bond motifs is 3. The number of hydrogen-bond acceptors (Lipinski definition) is 5. The highest BCUT2D eigenvalue weighted by molar-refractivity contribution is 7.19. The minimum atomic E-state index is -0.917. The van der Waals surface area contributed by atoms with Crippen molar-refractivity contribution >= 4 is 33.2 Å². The van der Waals surface area contributed by atoms with Crippen LogP contribution >= 0.6 is 22.9 Å². The van der Waals surface area contributed by atoms with Crippen LogP contribution in [-0.4, -0.2) is 21.2 Å². The first-order valence-corrected chi connectivity index (χ1v) is 6.89. The maximum absolute atomic E-state index is 9.50. The fraction of sp³-hybridized carbons (Fsp3) is 0.417. The predicted molar refractivity (Wildman–Crippen MR) is 69.7 cm³/mol. The summed E-state index contributed by atoms with van der Waals surface area (Å²) in [6.07, 6.45) is 2.94. The molecule has 6 heteroatoms. The van der Waals surface area contributed by atoms with Gasteiger partial charge in [0.15, 0.2) is 0 Å². The molecular formula is C12H10ClN3OS. The molecule has 2 aromatic rings. The lowest BCUT2D eigenvalue weighted by molar-refractivity contribution is 0.208. The largest absolute Gasteiger partial charge is 0.378 e. The minimum Gasteiger partial charge on any atom is -0.378 e. The Bertz CT molecular complexity index is 649. The number of rotatable bonds is 2. The summed E-state index contributed by atoms with van der Waals surface area (Å²) in [5.74, 6) is 0.187. The molecule has 0 spiro atoms. The van der Waals surface area contributed by atoms with E-state index < -0.39 is 6.10 Å². The molecular weight excluding hydrogens is 270 g/mol. The molecule has 0 aromatic carbocycles. The number of aliphatic hydroxyl groups excluding tert-OH is 1. The minimum absolute atomic E-state index is 0.187. The van der Waals surface area contributed by atoms with Gasteiger partial charge in [0.05, 0.1) is 11.5 Å². The predicted octanol–water partition coefficient (Wildman–Crippen LogP) is 2.65. The van der Waals surface area contributed by atoms with E-state index in [2.05, 4.69) is 9.97 Å². The molecule has 0 fully saturated rings. The average molecular weight is 280 g/mol. The van der Waals surface area contributed by atoms with Crippen molar-refractivity contribution in [3.63, 3.8) is 0 Å². The molecule has 0 amide bonds. The van der Waals surface area contributed by atoms with E-state index in [0.717, 1.165) is 28.6 Å². The van der Waals surface area contributed by atoms with E-state index in [1.54, 1.807) is 11.3 Å². The molecule has 1 N–H and O–H groups in total. The lowest BCUT2D eigenvalue weighted by Gasteiger charge is -2.11. The second-order valence-electron chi connectivity index (χ2n) is 4.40. The number of nitrogens with zero attached hydrogens (tertiary/aromatic N) is 3. The van der Waals surface area contributed by atoms with Crippen molar-refractivity contribution in [3.05, 3.63) is 21.9 Å². The van der Waals surface area contributed by atoms with Gasteiger partial charge in [0.1, 0.15) is 22.4 Å². The highest BCUT2D eigenvalue weighted by Crippen LogP contribution is 2.46. The Morgan fingerprint density at radius 3 is 3.22 bits per heavy atom. The van der Waals surface area contributed by atoms with Gasteiger partial charge in [0.25, 0.3) is 0 Å². The van der Waals surface area contributed by atoms with E-state index in [9.17, 15) is 5.11 Å². The third-order valence-electron chi connectivity index (χ3n) is 3.34. The number of aliphatic hydroxyl groups is 1. The molecule has 2 heterocycles. The van der Waals surface area contributed by atoms with Gasteiger partial charge in [-0.25, -0.2) is 9.97 Å². The average Bonchev–Trinajstić information content (AvgIpc) is 2.89. The summed E-state index contributed by atoms with van der Waals surface area (Å²) >= 11 is 7.78. The van der Waals surface area contributed by atoms with Gasteiger partial charge in [-0.05, 0) is 30.7 Å². The van der Waals surface area contributed by atoms with Crippen molar-refractivity contribution in [1.29, 1.82) is 5.26 Å². The molecule has 4 nitrogen and oxygen atoms in total. The van der Waals surface area contributed by atoms with E-state index in [0.29, 0.717) is 11.6 Å². The van der Waals surface area contributed by atoms with Crippen LogP contribution in [0.25, 0.3) is 10.2 Å². The van der Waals surface area contributed by atoms with Crippen LogP contribution in [0.4, 0.5) is 0 Å². The van der Waals surface area contributed by atoms with Gasteiger partial charge in [-0.15, -0.1) is 11.3 Å². The van der Waals surface area contributed by atoms with Crippen molar-refractivity contribution in [1.82, 2.24) is 9.97 Å². The normalized spacial score (nSPS) is 19.7. The summed E-state index contributed by atoms with van der Waals surface area (Å²) in [5.41, 5.74) is 1.15. The monoisotopic (exact) mass is 279 g/mol. The Kier molecular flexibility index (Phi) is 2.94. The molecule has 92 valence electrons. The maximum atomic E-state index is 9.50. The molecule has 18 heavy (non-hydrogen) atoms. The topological polar surface area (TPSA) is 69.8 Å². The lowest BCUT2D eigenvalue weighted by Crippen LogP contribution is -2.08. The number of nitriles is 1. The van der Waals surface area contributed by atoms with Crippen molar-refractivity contribution in [2.24, 2.45) is 0 Å². The first kappa shape index (κ1) is 11.8. The van der Waals surface area contributed by atoms with Crippen LogP contribution in [0.15, 0.2) is 6.33 Å². The smallest absolute Gasteiger partial charge is 0.141 e. The van der Waals surface area contributed by atoms with Gasteiger partial charge in [-0.1, -0.05) is 11.6 Å². The zero-order chi connectivity index (χ0) is 12.7. The molecule has 3 rings (SSSR count). The molecule has 0 aliphatic heterocycles. The summed E-state index contributed by atoms with van der Waals surface area (Å²) in [5, 5.41) is 19.6. The number of hydrogen-bond donors (Lipinski definition) is 1. The highest BCUT2D eigenvalue weighted by Gasteiger charge is 2.30. The highest BCUT2D eigenvalue weighted by atomic mass is 35.5. The number of thiophene rings is 1. The fourth-order valence-electron chi connectivity index (χ4n) is 2.59. The Balaban J connectivity index is 2.09. The molecule has 1 aliphatic rings. The summed E-state index contributed by atoms with van der Waals surface area (Å²) in [4.78, 5) is 10.4. The Morgan fingerprint density at radius 1 is 1.61 bits per heavy atom.